The van der Waals surface area contributed by atoms with Gasteiger partial charge in [-0.05, 0) is 93.6 Å². The maximum absolute atomic E-state index is 13.8. The van der Waals surface area contributed by atoms with Crippen LogP contribution in [0.5, 0.6) is 0 Å². The number of rotatable bonds is 7. The first-order valence-electron chi connectivity index (χ1n) is 14.7. The number of pyridine rings is 1. The van der Waals surface area contributed by atoms with Crippen LogP contribution in [0.15, 0.2) is 29.5 Å². The van der Waals surface area contributed by atoms with Crippen molar-refractivity contribution in [1.82, 2.24) is 10.3 Å². The molecule has 6 nitrogen and oxygen atoms in total. The van der Waals surface area contributed by atoms with Crippen molar-refractivity contribution in [2.75, 3.05) is 18.0 Å². The van der Waals surface area contributed by atoms with Crippen LogP contribution in [0.1, 0.15) is 93.8 Å². The van der Waals surface area contributed by atoms with Crippen molar-refractivity contribution in [3.8, 4) is 0 Å². The number of thioether (sulfide) groups is 1. The number of aliphatic hydroxyl groups is 2. The minimum atomic E-state index is -0.488. The number of amides is 1. The van der Waals surface area contributed by atoms with E-state index in [1.54, 1.807) is 11.8 Å². The molecule has 0 radical (unpaired) electrons. The SMILES string of the molecule is C=C(O)CC1CCCN(c2ccc(C(=O)N[C@H]3C4CC5CC3C[C@@](O)(C5)C4)c(SC3CCCCC3)n2)C1. The molecule has 6 aliphatic rings. The average molecular weight is 526 g/mol. The molecule has 3 unspecified atom stereocenters. The van der Waals surface area contributed by atoms with Crippen LogP contribution in [0.25, 0.3) is 0 Å². The molecular weight excluding hydrogens is 482 g/mol. The van der Waals surface area contributed by atoms with E-state index in [-0.39, 0.29) is 17.7 Å². The monoisotopic (exact) mass is 525 g/mol. The molecule has 1 saturated heterocycles. The smallest absolute Gasteiger partial charge is 0.254 e. The Morgan fingerprint density at radius 3 is 2.57 bits per heavy atom. The lowest BCUT2D eigenvalue weighted by Crippen LogP contribution is -2.61. The van der Waals surface area contributed by atoms with Gasteiger partial charge < -0.3 is 20.4 Å². The van der Waals surface area contributed by atoms with Crippen molar-refractivity contribution < 1.29 is 15.0 Å². The highest BCUT2D eigenvalue weighted by Gasteiger charge is 2.55. The summed E-state index contributed by atoms with van der Waals surface area (Å²) >= 11 is 1.81. The summed E-state index contributed by atoms with van der Waals surface area (Å²) in [6.07, 6.45) is 13.9. The average Bonchev–Trinajstić information content (AvgIpc) is 2.85. The van der Waals surface area contributed by atoms with Crippen molar-refractivity contribution in [1.29, 1.82) is 0 Å². The summed E-state index contributed by atoms with van der Waals surface area (Å²) in [5.74, 6) is 3.02. The fourth-order valence-corrected chi connectivity index (χ4v) is 9.75. The third-order valence-corrected chi connectivity index (χ3v) is 11.2. The van der Waals surface area contributed by atoms with Crippen LogP contribution in [0.3, 0.4) is 0 Å². The van der Waals surface area contributed by atoms with Gasteiger partial charge in [0.25, 0.3) is 5.91 Å². The zero-order chi connectivity index (χ0) is 25.6. The van der Waals surface area contributed by atoms with Gasteiger partial charge in [0.15, 0.2) is 0 Å². The van der Waals surface area contributed by atoms with Crippen molar-refractivity contribution in [3.05, 3.63) is 30.0 Å². The van der Waals surface area contributed by atoms with Gasteiger partial charge in [-0.3, -0.25) is 4.79 Å². The Balaban J connectivity index is 1.22. The highest BCUT2D eigenvalue weighted by molar-refractivity contribution is 7.99. The number of hydrogen-bond donors (Lipinski definition) is 3. The predicted molar refractivity (Wildman–Crippen MR) is 148 cm³/mol. The minimum absolute atomic E-state index is 0.00919. The molecule has 5 saturated carbocycles. The van der Waals surface area contributed by atoms with E-state index in [0.29, 0.717) is 40.9 Å². The lowest BCUT2D eigenvalue weighted by molar-refractivity contribution is -0.136. The second-order valence-corrected chi connectivity index (χ2v) is 14.1. The Hall–Kier alpha value is -1.73. The molecule has 1 aliphatic heterocycles. The predicted octanol–water partition coefficient (Wildman–Crippen LogP) is 5.85. The summed E-state index contributed by atoms with van der Waals surface area (Å²) in [5, 5.41) is 25.5. The van der Waals surface area contributed by atoms with Gasteiger partial charge in [-0.25, -0.2) is 4.98 Å². The van der Waals surface area contributed by atoms with Gasteiger partial charge in [0.1, 0.15) is 10.8 Å². The number of nitrogens with zero attached hydrogens (tertiary/aromatic N) is 2. The first kappa shape index (κ1) is 25.5. The van der Waals surface area contributed by atoms with Crippen LogP contribution in [0.2, 0.25) is 0 Å². The Labute approximate surface area is 225 Å². The van der Waals surface area contributed by atoms with E-state index < -0.39 is 5.60 Å². The van der Waals surface area contributed by atoms with Gasteiger partial charge in [-0.1, -0.05) is 25.8 Å². The second-order valence-electron chi connectivity index (χ2n) is 12.8. The molecule has 6 fully saturated rings. The Bertz CT molecular complexity index is 1010. The van der Waals surface area contributed by atoms with Gasteiger partial charge >= 0.3 is 0 Å². The Morgan fingerprint density at radius 2 is 1.86 bits per heavy atom. The molecular formula is C30H43N3O3S. The summed E-state index contributed by atoms with van der Waals surface area (Å²) in [5.41, 5.74) is 0.224. The van der Waals surface area contributed by atoms with Crippen LogP contribution in [0.4, 0.5) is 5.82 Å². The number of nitrogens with one attached hydrogen (secondary N) is 1. The number of anilines is 1. The van der Waals surface area contributed by atoms with Crippen molar-refractivity contribution in [2.24, 2.45) is 23.7 Å². The summed E-state index contributed by atoms with van der Waals surface area (Å²) in [6.45, 7) is 5.51. The molecule has 3 atom stereocenters. The summed E-state index contributed by atoms with van der Waals surface area (Å²) < 4.78 is 0. The molecule has 1 aromatic rings. The summed E-state index contributed by atoms with van der Waals surface area (Å²) in [7, 11) is 0. The van der Waals surface area contributed by atoms with E-state index in [1.165, 1.54) is 32.1 Å². The number of piperidine rings is 1. The fourth-order valence-electron chi connectivity index (χ4n) is 8.43. The number of allylic oxidation sites excluding steroid dienone is 1. The molecule has 3 N–H and O–H groups in total. The van der Waals surface area contributed by atoms with Gasteiger partial charge in [-0.15, -0.1) is 11.8 Å². The van der Waals surface area contributed by atoms with Crippen LogP contribution in [-0.4, -0.2) is 51.1 Å². The normalized spacial score (nSPS) is 35.5. The molecule has 0 aromatic carbocycles. The maximum Gasteiger partial charge on any atom is 0.254 e. The summed E-state index contributed by atoms with van der Waals surface area (Å²) in [4.78, 5) is 21.2. The number of aliphatic hydroxyl groups excluding tert-OH is 1. The highest BCUT2D eigenvalue weighted by Crippen LogP contribution is 2.55. The zero-order valence-corrected chi connectivity index (χ0v) is 22.9. The molecule has 7 heteroatoms. The van der Waals surface area contributed by atoms with Gasteiger partial charge in [-0.2, -0.15) is 0 Å². The largest absolute Gasteiger partial charge is 0.513 e. The number of hydrogen-bond acceptors (Lipinski definition) is 6. The van der Waals surface area contributed by atoms with E-state index in [4.69, 9.17) is 4.98 Å². The molecule has 202 valence electrons. The van der Waals surface area contributed by atoms with Crippen molar-refractivity contribution >= 4 is 23.5 Å². The Kier molecular flexibility index (Phi) is 7.21. The Morgan fingerprint density at radius 1 is 1.11 bits per heavy atom. The third kappa shape index (κ3) is 5.54. The van der Waals surface area contributed by atoms with E-state index in [2.05, 4.69) is 16.8 Å². The maximum atomic E-state index is 13.8. The van der Waals surface area contributed by atoms with Gasteiger partial charge in [0.2, 0.25) is 0 Å². The lowest BCUT2D eigenvalue weighted by Gasteiger charge is -2.58. The molecule has 7 rings (SSSR count). The van der Waals surface area contributed by atoms with Crippen LogP contribution in [-0.2, 0) is 0 Å². The van der Waals surface area contributed by atoms with E-state index >= 15 is 0 Å². The quantitative estimate of drug-likeness (QED) is 0.387. The molecule has 0 spiro atoms. The summed E-state index contributed by atoms with van der Waals surface area (Å²) in [6, 6.07) is 4.20. The topological polar surface area (TPSA) is 85.7 Å². The zero-order valence-electron chi connectivity index (χ0n) is 22.0. The lowest BCUT2D eigenvalue weighted by atomic mass is 9.52. The fraction of sp³-hybridized carbons (Fsp3) is 0.733. The van der Waals surface area contributed by atoms with Crippen LogP contribution >= 0.6 is 11.8 Å². The molecule has 4 bridgehead atoms. The van der Waals surface area contributed by atoms with E-state index in [1.807, 2.05) is 12.1 Å². The number of aromatic nitrogens is 1. The highest BCUT2D eigenvalue weighted by atomic mass is 32.2. The minimum Gasteiger partial charge on any atom is -0.513 e. The standard InChI is InChI=1S/C30H43N3O3S/c1-19(34)12-20-6-5-11-33(18-20)26-10-9-25(29(31-26)37-24-7-3-2-4-8-24)28(35)32-27-22-13-21-14-23(27)17-30(36,15-21)16-22/h9-10,20-24,27,34,36H,1-8,11-18H2,(H,32,35)/t20?,21?,22?,23?,27-,30+. The molecule has 2 heterocycles. The molecule has 1 amide bonds. The van der Waals surface area contributed by atoms with Crippen molar-refractivity contribution in [3.63, 3.8) is 0 Å². The first-order valence-corrected chi connectivity index (χ1v) is 15.6. The van der Waals surface area contributed by atoms with Crippen molar-refractivity contribution in [2.45, 2.75) is 105 Å². The van der Waals surface area contributed by atoms with E-state index in [9.17, 15) is 15.0 Å². The molecule has 37 heavy (non-hydrogen) atoms. The molecule has 1 aromatic heterocycles. The first-order chi connectivity index (χ1) is 17.8. The number of carbonyl (C=O) groups is 1. The van der Waals surface area contributed by atoms with E-state index in [0.717, 1.165) is 68.9 Å². The third-order valence-electron chi connectivity index (χ3n) is 9.83. The van der Waals surface area contributed by atoms with Crippen LogP contribution in [0, 0.1) is 23.7 Å². The van der Waals surface area contributed by atoms with Gasteiger partial charge in [0.05, 0.1) is 16.9 Å². The second kappa shape index (κ2) is 10.4. The number of carbonyl (C=O) groups excluding carboxylic acids is 1. The van der Waals surface area contributed by atoms with Crippen LogP contribution < -0.4 is 10.2 Å². The van der Waals surface area contributed by atoms with Gasteiger partial charge in [0, 0.05) is 30.8 Å². The molecule has 5 aliphatic carbocycles.